The second-order valence-electron chi connectivity index (χ2n) is 3.70. The lowest BCUT2D eigenvalue weighted by atomic mass is 10.3. The summed E-state index contributed by atoms with van der Waals surface area (Å²) in [6.45, 7) is 9.52. The Kier molecular flexibility index (Phi) is 6.47. The van der Waals surface area contributed by atoms with E-state index in [1.54, 1.807) is 20.8 Å². The molecule has 0 bridgehead atoms. The van der Waals surface area contributed by atoms with Gasteiger partial charge in [-0.3, -0.25) is 4.79 Å². The molecule has 1 N–H and O–H groups in total. The van der Waals surface area contributed by atoms with Gasteiger partial charge in [0.15, 0.2) is 9.84 Å². The molecule has 0 saturated heterocycles. The van der Waals surface area contributed by atoms with Crippen molar-refractivity contribution < 1.29 is 18.3 Å². The first-order chi connectivity index (χ1) is 6.04. The van der Waals surface area contributed by atoms with Gasteiger partial charge in [-0.05, 0) is 20.8 Å². The number of carbonyl (C=O) groups is 1. The Hall–Kier alpha value is -0.840. The van der Waals surface area contributed by atoms with Gasteiger partial charge >= 0.3 is 0 Å². The van der Waals surface area contributed by atoms with Crippen LogP contribution in [0, 0.1) is 0 Å². The van der Waals surface area contributed by atoms with Gasteiger partial charge in [-0.15, -0.1) is 6.58 Å². The Bertz CT molecular complexity index is 278. The maximum atomic E-state index is 11.2. The third kappa shape index (κ3) is 7.79. The molecule has 0 aliphatic heterocycles. The number of carboxylic acids is 1. The standard InChI is InChI=1S/C7H14O2S.C2H4O2/c1-5-6-10(8,9)7(2,3)4;1-2(3)4/h5H,1,6H2,2-4H3;1H3,(H,3,4). The molecule has 0 aromatic carbocycles. The molecule has 0 amide bonds. The van der Waals surface area contributed by atoms with Crippen LogP contribution in [0.3, 0.4) is 0 Å². The molecule has 0 rings (SSSR count). The highest BCUT2D eigenvalue weighted by molar-refractivity contribution is 7.92. The molecule has 0 aromatic rings. The van der Waals surface area contributed by atoms with Crippen LogP contribution in [-0.2, 0) is 14.6 Å². The van der Waals surface area contributed by atoms with E-state index >= 15 is 0 Å². The van der Waals surface area contributed by atoms with Gasteiger partial charge in [0.25, 0.3) is 5.97 Å². The van der Waals surface area contributed by atoms with Crippen LogP contribution in [0.1, 0.15) is 27.7 Å². The predicted octanol–water partition coefficient (Wildman–Crippen LogP) is 1.48. The van der Waals surface area contributed by atoms with E-state index in [1.165, 1.54) is 6.08 Å². The monoisotopic (exact) mass is 222 g/mol. The lowest BCUT2D eigenvalue weighted by Gasteiger charge is -2.17. The van der Waals surface area contributed by atoms with Crippen molar-refractivity contribution in [2.24, 2.45) is 0 Å². The summed E-state index contributed by atoms with van der Waals surface area (Å²) in [6.07, 6.45) is 1.42. The van der Waals surface area contributed by atoms with E-state index in [4.69, 9.17) is 9.90 Å². The van der Waals surface area contributed by atoms with E-state index in [1.807, 2.05) is 0 Å². The van der Waals surface area contributed by atoms with Crippen LogP contribution in [0.5, 0.6) is 0 Å². The van der Waals surface area contributed by atoms with Crippen molar-refractivity contribution >= 4 is 15.8 Å². The summed E-state index contributed by atoms with van der Waals surface area (Å²) in [4.78, 5) is 9.00. The molecule has 0 atom stereocenters. The summed E-state index contributed by atoms with van der Waals surface area (Å²) < 4.78 is 21.7. The lowest BCUT2D eigenvalue weighted by molar-refractivity contribution is -0.134. The van der Waals surface area contributed by atoms with Crippen LogP contribution in [0.2, 0.25) is 0 Å². The molecule has 0 saturated carbocycles. The highest BCUT2D eigenvalue weighted by Gasteiger charge is 2.26. The largest absolute Gasteiger partial charge is 0.481 e. The fraction of sp³-hybridized carbons (Fsp3) is 0.667. The summed E-state index contributed by atoms with van der Waals surface area (Å²) in [5.41, 5.74) is 0. The zero-order chi connectivity index (χ0) is 12.0. The van der Waals surface area contributed by atoms with Crippen molar-refractivity contribution in [3.05, 3.63) is 12.7 Å². The van der Waals surface area contributed by atoms with Crippen molar-refractivity contribution in [1.29, 1.82) is 0 Å². The summed E-state index contributed by atoms with van der Waals surface area (Å²) in [5, 5.41) is 7.42. The van der Waals surface area contributed by atoms with Gasteiger partial charge < -0.3 is 5.11 Å². The first-order valence-electron chi connectivity index (χ1n) is 4.07. The third-order valence-corrected chi connectivity index (χ3v) is 3.81. The number of sulfone groups is 1. The molecule has 0 aliphatic rings. The number of aliphatic carboxylic acids is 1. The Morgan fingerprint density at radius 1 is 1.43 bits per heavy atom. The number of carboxylic acid groups (broad SMARTS) is 1. The average molecular weight is 222 g/mol. The molecule has 84 valence electrons. The molecule has 0 heterocycles. The third-order valence-electron chi connectivity index (χ3n) is 1.27. The molecule has 0 unspecified atom stereocenters. The van der Waals surface area contributed by atoms with E-state index in [9.17, 15) is 8.42 Å². The first-order valence-corrected chi connectivity index (χ1v) is 5.72. The van der Waals surface area contributed by atoms with Gasteiger partial charge in [0.05, 0.1) is 10.5 Å². The minimum atomic E-state index is -2.97. The smallest absolute Gasteiger partial charge is 0.300 e. The van der Waals surface area contributed by atoms with Gasteiger partial charge in [0.1, 0.15) is 0 Å². The topological polar surface area (TPSA) is 71.4 Å². The second kappa shape index (κ2) is 5.80. The molecule has 0 radical (unpaired) electrons. The van der Waals surface area contributed by atoms with Gasteiger partial charge in [-0.2, -0.15) is 0 Å². The van der Waals surface area contributed by atoms with Gasteiger partial charge in [-0.1, -0.05) is 6.08 Å². The fourth-order valence-corrected chi connectivity index (χ4v) is 1.22. The Balaban J connectivity index is 0. The lowest BCUT2D eigenvalue weighted by Crippen LogP contribution is -2.29. The van der Waals surface area contributed by atoms with E-state index in [-0.39, 0.29) is 5.75 Å². The summed E-state index contributed by atoms with van der Waals surface area (Å²) in [5.74, 6) is -0.767. The second-order valence-corrected chi connectivity index (χ2v) is 6.49. The molecule has 0 aromatic heterocycles. The van der Waals surface area contributed by atoms with Crippen molar-refractivity contribution in [3.8, 4) is 0 Å². The van der Waals surface area contributed by atoms with Crippen LogP contribution in [0.25, 0.3) is 0 Å². The molecule has 0 spiro atoms. The van der Waals surface area contributed by atoms with Gasteiger partial charge in [0, 0.05) is 6.92 Å². The van der Waals surface area contributed by atoms with Crippen molar-refractivity contribution in [3.63, 3.8) is 0 Å². The van der Waals surface area contributed by atoms with Crippen molar-refractivity contribution in [2.45, 2.75) is 32.4 Å². The fourth-order valence-electron chi connectivity index (χ4n) is 0.405. The van der Waals surface area contributed by atoms with Crippen LogP contribution >= 0.6 is 0 Å². The highest BCUT2D eigenvalue weighted by atomic mass is 32.2. The maximum absolute atomic E-state index is 11.2. The van der Waals surface area contributed by atoms with Crippen LogP contribution < -0.4 is 0 Å². The van der Waals surface area contributed by atoms with Gasteiger partial charge in [0.2, 0.25) is 0 Å². The number of hydrogen-bond acceptors (Lipinski definition) is 3. The zero-order valence-electron chi connectivity index (χ0n) is 9.07. The van der Waals surface area contributed by atoms with E-state index in [0.717, 1.165) is 6.92 Å². The van der Waals surface area contributed by atoms with Gasteiger partial charge in [-0.25, -0.2) is 8.42 Å². The van der Waals surface area contributed by atoms with Crippen molar-refractivity contribution in [1.82, 2.24) is 0 Å². The number of hydrogen-bond donors (Lipinski definition) is 1. The SMILES string of the molecule is C=CCS(=O)(=O)C(C)(C)C.CC(=O)O. The highest BCUT2D eigenvalue weighted by Crippen LogP contribution is 2.15. The Morgan fingerprint density at radius 3 is 1.79 bits per heavy atom. The molecule has 0 aliphatic carbocycles. The summed E-state index contributed by atoms with van der Waals surface area (Å²) in [7, 11) is -2.97. The normalized spacial score (nSPS) is 11.1. The first kappa shape index (κ1) is 15.6. The van der Waals surface area contributed by atoms with Crippen LogP contribution in [0.15, 0.2) is 12.7 Å². The molecule has 0 fully saturated rings. The Labute approximate surface area is 85.6 Å². The molecular weight excluding hydrogens is 204 g/mol. The quantitative estimate of drug-likeness (QED) is 0.718. The molecule has 4 nitrogen and oxygen atoms in total. The minimum Gasteiger partial charge on any atom is -0.481 e. The maximum Gasteiger partial charge on any atom is 0.300 e. The van der Waals surface area contributed by atoms with Crippen LogP contribution in [-0.4, -0.2) is 30.0 Å². The minimum absolute atomic E-state index is 0.0660. The average Bonchev–Trinajstić information content (AvgIpc) is 1.82. The molecule has 5 heteroatoms. The van der Waals surface area contributed by atoms with Crippen LogP contribution in [0.4, 0.5) is 0 Å². The summed E-state index contributed by atoms with van der Waals surface area (Å²) >= 11 is 0. The summed E-state index contributed by atoms with van der Waals surface area (Å²) in [6, 6.07) is 0. The molecule has 14 heavy (non-hydrogen) atoms. The van der Waals surface area contributed by atoms with E-state index in [0.29, 0.717) is 0 Å². The Morgan fingerprint density at radius 2 is 1.71 bits per heavy atom. The molecular formula is C9H18O4S. The number of rotatable bonds is 2. The predicted molar refractivity (Wildman–Crippen MR) is 57.0 cm³/mol. The van der Waals surface area contributed by atoms with E-state index in [2.05, 4.69) is 6.58 Å². The zero-order valence-corrected chi connectivity index (χ0v) is 9.89. The van der Waals surface area contributed by atoms with E-state index < -0.39 is 20.6 Å². The van der Waals surface area contributed by atoms with Crippen molar-refractivity contribution in [2.75, 3.05) is 5.75 Å².